The molecule has 1 N–H and O–H groups in total. The molecule has 0 aromatic heterocycles. The predicted octanol–water partition coefficient (Wildman–Crippen LogP) is 1.52. The van der Waals surface area contributed by atoms with E-state index in [1.807, 2.05) is 6.07 Å². The molecule has 14 heavy (non-hydrogen) atoms. The number of alkyl halides is 1. The van der Waals surface area contributed by atoms with Crippen LogP contribution >= 0.6 is 11.6 Å². The molecular weight excluding hydrogens is 210 g/mol. The topological polar surface area (TPSA) is 12.0 Å². The van der Waals surface area contributed by atoms with E-state index in [0.29, 0.717) is 5.88 Å². The van der Waals surface area contributed by atoms with E-state index in [2.05, 4.69) is 44.0 Å². The van der Waals surface area contributed by atoms with E-state index >= 15 is 0 Å². The van der Waals surface area contributed by atoms with Crippen molar-refractivity contribution >= 4 is 26.5 Å². The Bertz CT molecular complexity index is 294. The fraction of sp³-hybridized carbons (Fsp3) is 0.455. The van der Waals surface area contributed by atoms with Crippen molar-refractivity contribution in [3.8, 4) is 0 Å². The Hall–Kier alpha value is -0.313. The first-order valence-corrected chi connectivity index (χ1v) is 6.85. The summed E-state index contributed by atoms with van der Waals surface area (Å²) >= 11 is 5.88. The minimum atomic E-state index is -0.390. The van der Waals surface area contributed by atoms with Crippen LogP contribution in [-0.4, -0.2) is 15.2 Å². The lowest BCUT2D eigenvalue weighted by atomic mass is 10.1. The van der Waals surface area contributed by atoms with Gasteiger partial charge in [0.2, 0.25) is 0 Å². The summed E-state index contributed by atoms with van der Waals surface area (Å²) in [5, 5.41) is 1.43. The Balaban J connectivity index is 2.67. The average molecular weight is 228 g/mol. The van der Waals surface area contributed by atoms with Crippen LogP contribution in [0.15, 0.2) is 24.3 Å². The highest BCUT2D eigenvalue weighted by atomic mass is 35.5. The van der Waals surface area contributed by atoms with E-state index in [-0.39, 0.29) is 15.2 Å². The molecule has 0 bridgehead atoms. The van der Waals surface area contributed by atoms with Crippen LogP contribution in [0.5, 0.6) is 0 Å². The zero-order chi connectivity index (χ0) is 10.6. The van der Waals surface area contributed by atoms with Crippen molar-refractivity contribution in [1.29, 1.82) is 0 Å². The Morgan fingerprint density at radius 2 is 1.93 bits per heavy atom. The molecule has 1 nitrogen and oxygen atoms in total. The van der Waals surface area contributed by atoms with Crippen molar-refractivity contribution in [3.63, 3.8) is 0 Å². The standard InChI is InChI=1S/C11H18ClNSi/c1-11(2,3)13-14-10-7-5-4-6-9(10)8-12/h4-7,13H,8,14H2,1-3H3. The second-order valence-electron chi connectivity index (χ2n) is 4.51. The van der Waals surface area contributed by atoms with Gasteiger partial charge < -0.3 is 4.98 Å². The lowest BCUT2D eigenvalue weighted by Crippen LogP contribution is -2.44. The smallest absolute Gasteiger partial charge is 0.125 e. The quantitative estimate of drug-likeness (QED) is 0.610. The van der Waals surface area contributed by atoms with E-state index in [9.17, 15) is 0 Å². The molecule has 0 amide bonds. The molecule has 0 aliphatic heterocycles. The first-order chi connectivity index (χ1) is 6.53. The monoisotopic (exact) mass is 227 g/mol. The maximum Gasteiger partial charge on any atom is 0.125 e. The van der Waals surface area contributed by atoms with E-state index in [0.717, 1.165) is 0 Å². The van der Waals surface area contributed by atoms with Crippen LogP contribution in [0.3, 0.4) is 0 Å². The summed E-state index contributed by atoms with van der Waals surface area (Å²) in [4.78, 5) is 3.59. The lowest BCUT2D eigenvalue weighted by Gasteiger charge is -2.21. The van der Waals surface area contributed by atoms with Gasteiger partial charge in [-0.25, -0.2) is 0 Å². The number of halogens is 1. The molecule has 1 aromatic carbocycles. The zero-order valence-electron chi connectivity index (χ0n) is 9.10. The Labute approximate surface area is 93.8 Å². The van der Waals surface area contributed by atoms with Gasteiger partial charge in [-0.2, -0.15) is 0 Å². The minimum Gasteiger partial charge on any atom is -0.334 e. The normalized spacial score (nSPS) is 12.6. The van der Waals surface area contributed by atoms with Crippen LogP contribution in [0, 0.1) is 0 Å². The van der Waals surface area contributed by atoms with E-state index in [1.165, 1.54) is 10.8 Å². The highest BCUT2D eigenvalue weighted by Crippen LogP contribution is 2.01. The van der Waals surface area contributed by atoms with Crippen LogP contribution in [0.4, 0.5) is 0 Å². The molecule has 3 heteroatoms. The fourth-order valence-electron chi connectivity index (χ4n) is 1.22. The predicted molar refractivity (Wildman–Crippen MR) is 67.1 cm³/mol. The van der Waals surface area contributed by atoms with Crippen LogP contribution in [-0.2, 0) is 5.88 Å². The van der Waals surface area contributed by atoms with E-state index in [4.69, 9.17) is 11.6 Å². The Kier molecular flexibility index (Phi) is 4.17. The molecule has 0 fully saturated rings. The van der Waals surface area contributed by atoms with E-state index < -0.39 is 0 Å². The summed E-state index contributed by atoms with van der Waals surface area (Å²) in [5.74, 6) is 0.620. The number of nitrogens with one attached hydrogen (secondary N) is 1. The SMILES string of the molecule is CC(C)(C)N[SiH2]c1ccccc1CCl. The van der Waals surface area contributed by atoms with Crippen LogP contribution < -0.4 is 10.2 Å². The molecule has 0 aliphatic rings. The second kappa shape index (κ2) is 4.96. The molecule has 0 atom stereocenters. The van der Waals surface area contributed by atoms with Gasteiger partial charge in [-0.1, -0.05) is 24.3 Å². The summed E-state index contributed by atoms with van der Waals surface area (Å²) < 4.78 is 0. The molecule has 1 rings (SSSR count). The van der Waals surface area contributed by atoms with Crippen molar-refractivity contribution in [3.05, 3.63) is 29.8 Å². The maximum atomic E-state index is 5.88. The lowest BCUT2D eigenvalue weighted by molar-refractivity contribution is 0.525. The number of hydrogen-bond acceptors (Lipinski definition) is 1. The molecule has 1 aromatic rings. The Morgan fingerprint density at radius 1 is 1.29 bits per heavy atom. The number of hydrogen-bond donors (Lipinski definition) is 1. The van der Waals surface area contributed by atoms with Crippen molar-refractivity contribution < 1.29 is 0 Å². The summed E-state index contributed by atoms with van der Waals surface area (Å²) in [6, 6.07) is 8.43. The molecule has 78 valence electrons. The van der Waals surface area contributed by atoms with Gasteiger partial charge in [-0.3, -0.25) is 0 Å². The summed E-state index contributed by atoms with van der Waals surface area (Å²) in [6.07, 6.45) is 0. The van der Waals surface area contributed by atoms with Crippen molar-refractivity contribution in [2.45, 2.75) is 32.2 Å². The summed E-state index contributed by atoms with van der Waals surface area (Å²) in [7, 11) is -0.390. The summed E-state index contributed by atoms with van der Waals surface area (Å²) in [5.41, 5.74) is 1.49. The largest absolute Gasteiger partial charge is 0.334 e. The van der Waals surface area contributed by atoms with Crippen LogP contribution in [0.2, 0.25) is 0 Å². The van der Waals surface area contributed by atoms with Gasteiger partial charge in [0, 0.05) is 11.4 Å². The third-order valence-electron chi connectivity index (χ3n) is 2.07. The van der Waals surface area contributed by atoms with Gasteiger partial charge >= 0.3 is 0 Å². The highest BCUT2D eigenvalue weighted by Gasteiger charge is 2.09. The van der Waals surface area contributed by atoms with Gasteiger partial charge in [-0.15, -0.1) is 11.6 Å². The van der Waals surface area contributed by atoms with Gasteiger partial charge in [0.05, 0.1) is 0 Å². The molecule has 0 aliphatic carbocycles. The van der Waals surface area contributed by atoms with Gasteiger partial charge in [-0.05, 0) is 31.5 Å². The molecule has 0 heterocycles. The van der Waals surface area contributed by atoms with Crippen molar-refractivity contribution in [2.75, 3.05) is 0 Å². The molecule has 0 saturated heterocycles. The highest BCUT2D eigenvalue weighted by molar-refractivity contribution is 6.52. The first-order valence-electron chi connectivity index (χ1n) is 4.91. The first kappa shape index (κ1) is 11.8. The Morgan fingerprint density at radius 3 is 2.50 bits per heavy atom. The second-order valence-corrected chi connectivity index (χ2v) is 6.24. The number of rotatable bonds is 3. The number of benzene rings is 1. The van der Waals surface area contributed by atoms with Gasteiger partial charge in [0.15, 0.2) is 0 Å². The van der Waals surface area contributed by atoms with Gasteiger partial charge in [0.25, 0.3) is 0 Å². The molecule has 0 saturated carbocycles. The van der Waals surface area contributed by atoms with Crippen molar-refractivity contribution in [1.82, 2.24) is 4.98 Å². The molecule has 0 radical (unpaired) electrons. The zero-order valence-corrected chi connectivity index (χ0v) is 11.3. The molecule has 0 spiro atoms. The van der Waals surface area contributed by atoms with E-state index in [1.54, 1.807) is 0 Å². The molecule has 0 unspecified atom stereocenters. The molecular formula is C11H18ClNSi. The third kappa shape index (κ3) is 3.82. The minimum absolute atomic E-state index is 0.214. The fourth-order valence-corrected chi connectivity index (χ4v) is 3.08. The van der Waals surface area contributed by atoms with Gasteiger partial charge in [0.1, 0.15) is 9.68 Å². The third-order valence-corrected chi connectivity index (χ3v) is 4.67. The van der Waals surface area contributed by atoms with Crippen molar-refractivity contribution in [2.24, 2.45) is 0 Å². The average Bonchev–Trinajstić information content (AvgIpc) is 2.14. The summed E-state index contributed by atoms with van der Waals surface area (Å²) in [6.45, 7) is 6.59. The van der Waals surface area contributed by atoms with Crippen LogP contribution in [0.1, 0.15) is 26.3 Å². The maximum absolute atomic E-state index is 5.88. The van der Waals surface area contributed by atoms with Crippen LogP contribution in [0.25, 0.3) is 0 Å².